The maximum absolute atomic E-state index is 14.8. The second kappa shape index (κ2) is 7.53. The predicted octanol–water partition coefficient (Wildman–Crippen LogP) is 4.09. The Morgan fingerprint density at radius 1 is 1.21 bits per heavy atom. The van der Waals surface area contributed by atoms with Gasteiger partial charge in [-0.3, -0.25) is 4.79 Å². The van der Waals surface area contributed by atoms with Gasteiger partial charge in [0.1, 0.15) is 0 Å². The van der Waals surface area contributed by atoms with E-state index in [9.17, 15) is 13.6 Å². The van der Waals surface area contributed by atoms with Crippen LogP contribution in [0.5, 0.6) is 0 Å². The maximum atomic E-state index is 14.8. The number of esters is 1. The summed E-state index contributed by atoms with van der Waals surface area (Å²) in [7, 11) is 0. The van der Waals surface area contributed by atoms with Crippen molar-refractivity contribution < 1.29 is 18.3 Å². The molecule has 0 saturated carbocycles. The minimum Gasteiger partial charge on any atom is -0.466 e. The van der Waals surface area contributed by atoms with Crippen molar-refractivity contribution >= 4 is 5.97 Å². The highest BCUT2D eigenvalue weighted by Crippen LogP contribution is 2.38. The summed E-state index contributed by atoms with van der Waals surface area (Å²) >= 11 is 0. The second-order valence-electron chi connectivity index (χ2n) is 5.63. The monoisotopic (exact) mass is 333 g/mol. The molecule has 128 valence electrons. The summed E-state index contributed by atoms with van der Waals surface area (Å²) < 4.78 is 34.5. The molecule has 0 amide bonds. The van der Waals surface area contributed by atoms with E-state index in [1.165, 1.54) is 24.3 Å². The molecular formula is C19H21F2NO2. The highest BCUT2D eigenvalue weighted by molar-refractivity contribution is 5.70. The predicted molar refractivity (Wildman–Crippen MR) is 88.8 cm³/mol. The second-order valence-corrected chi connectivity index (χ2v) is 5.63. The summed E-state index contributed by atoms with van der Waals surface area (Å²) in [5.41, 5.74) is 6.77. The maximum Gasteiger partial charge on any atom is 0.307 e. The van der Waals surface area contributed by atoms with E-state index in [-0.39, 0.29) is 24.2 Å². The van der Waals surface area contributed by atoms with Gasteiger partial charge >= 0.3 is 5.97 Å². The lowest BCUT2D eigenvalue weighted by molar-refractivity contribution is -0.143. The quantitative estimate of drug-likeness (QED) is 0.810. The number of rotatable bonds is 6. The fraction of sp³-hybridized carbons (Fsp3) is 0.316. The Hall–Kier alpha value is -2.27. The molecule has 3 nitrogen and oxygen atoms in total. The van der Waals surface area contributed by atoms with Gasteiger partial charge in [0.05, 0.1) is 13.0 Å². The first-order valence-corrected chi connectivity index (χ1v) is 7.81. The van der Waals surface area contributed by atoms with Crippen molar-refractivity contribution in [3.8, 4) is 0 Å². The number of carbonyl (C=O) groups excluding carboxylic acids is 1. The van der Waals surface area contributed by atoms with Crippen LogP contribution in [0.2, 0.25) is 0 Å². The molecule has 2 N–H and O–H groups in total. The zero-order chi connectivity index (χ0) is 17.7. The van der Waals surface area contributed by atoms with Crippen LogP contribution in [-0.2, 0) is 15.5 Å². The molecule has 0 bridgehead atoms. The fourth-order valence-electron chi connectivity index (χ4n) is 2.56. The van der Waals surface area contributed by atoms with Crippen molar-refractivity contribution in [1.29, 1.82) is 0 Å². The number of alkyl halides is 2. The van der Waals surface area contributed by atoms with Gasteiger partial charge in [-0.05, 0) is 31.0 Å². The standard InChI is InChI=1S/C19H21F2NO2/c1-3-24-18(23)12-17(22)14-8-6-9-15(11-14)19(20,21)16-10-5-4-7-13(16)2/h4-11,17H,3,12,22H2,1-2H3/t17-/m0/s1. The number of hydrogen-bond donors (Lipinski definition) is 1. The van der Waals surface area contributed by atoms with Gasteiger partial charge in [-0.15, -0.1) is 0 Å². The molecule has 0 aromatic heterocycles. The zero-order valence-electron chi connectivity index (χ0n) is 13.8. The van der Waals surface area contributed by atoms with Crippen LogP contribution in [0, 0.1) is 6.92 Å². The van der Waals surface area contributed by atoms with Gasteiger partial charge in [0, 0.05) is 17.2 Å². The first-order chi connectivity index (χ1) is 11.4. The van der Waals surface area contributed by atoms with E-state index in [0.717, 1.165) is 0 Å². The minimum atomic E-state index is -3.13. The Bertz CT molecular complexity index is 716. The smallest absolute Gasteiger partial charge is 0.307 e. The molecule has 0 saturated heterocycles. The van der Waals surface area contributed by atoms with Crippen molar-refractivity contribution in [2.45, 2.75) is 32.2 Å². The molecule has 0 spiro atoms. The van der Waals surface area contributed by atoms with E-state index in [1.54, 1.807) is 38.1 Å². The topological polar surface area (TPSA) is 52.3 Å². The molecular weight excluding hydrogens is 312 g/mol. The average Bonchev–Trinajstić information content (AvgIpc) is 2.55. The van der Waals surface area contributed by atoms with Crippen LogP contribution in [0.1, 0.15) is 41.6 Å². The molecule has 0 fully saturated rings. The Morgan fingerprint density at radius 2 is 1.92 bits per heavy atom. The Labute approximate surface area is 140 Å². The third kappa shape index (κ3) is 3.97. The molecule has 2 rings (SSSR count). The number of aryl methyl sites for hydroxylation is 1. The van der Waals surface area contributed by atoms with Crippen LogP contribution in [-0.4, -0.2) is 12.6 Å². The number of benzene rings is 2. The van der Waals surface area contributed by atoms with E-state index < -0.39 is 17.9 Å². The lowest BCUT2D eigenvalue weighted by atomic mass is 9.93. The Morgan fingerprint density at radius 3 is 2.58 bits per heavy atom. The molecule has 5 heteroatoms. The molecule has 24 heavy (non-hydrogen) atoms. The molecule has 0 aliphatic heterocycles. The van der Waals surface area contributed by atoms with Crippen molar-refractivity contribution in [3.63, 3.8) is 0 Å². The van der Waals surface area contributed by atoms with E-state index in [1.807, 2.05) is 0 Å². The van der Waals surface area contributed by atoms with Gasteiger partial charge in [-0.25, -0.2) is 0 Å². The molecule has 0 radical (unpaired) electrons. The number of carbonyl (C=O) groups is 1. The van der Waals surface area contributed by atoms with Crippen molar-refractivity contribution in [2.24, 2.45) is 5.73 Å². The van der Waals surface area contributed by atoms with Gasteiger partial charge < -0.3 is 10.5 Å². The van der Waals surface area contributed by atoms with Crippen molar-refractivity contribution in [3.05, 3.63) is 70.8 Å². The van der Waals surface area contributed by atoms with Crippen LogP contribution in [0.15, 0.2) is 48.5 Å². The van der Waals surface area contributed by atoms with Gasteiger partial charge in [-0.1, -0.05) is 42.5 Å². The average molecular weight is 333 g/mol. The van der Waals surface area contributed by atoms with Crippen LogP contribution < -0.4 is 5.73 Å². The Kier molecular flexibility index (Phi) is 5.67. The summed E-state index contributed by atoms with van der Waals surface area (Å²) in [6.45, 7) is 3.61. The summed E-state index contributed by atoms with van der Waals surface area (Å²) in [6.07, 6.45) is -0.0484. The molecule has 2 aromatic rings. The fourth-order valence-corrected chi connectivity index (χ4v) is 2.56. The van der Waals surface area contributed by atoms with Gasteiger partial charge in [0.15, 0.2) is 0 Å². The van der Waals surface area contributed by atoms with Gasteiger partial charge in [0.25, 0.3) is 5.92 Å². The van der Waals surface area contributed by atoms with Crippen LogP contribution in [0.25, 0.3) is 0 Å². The number of hydrogen-bond acceptors (Lipinski definition) is 3. The molecule has 0 aliphatic rings. The van der Waals surface area contributed by atoms with E-state index >= 15 is 0 Å². The zero-order valence-corrected chi connectivity index (χ0v) is 13.8. The number of nitrogens with two attached hydrogens (primary N) is 1. The molecule has 1 atom stereocenters. The normalized spacial score (nSPS) is 12.7. The third-order valence-corrected chi connectivity index (χ3v) is 3.85. The summed E-state index contributed by atoms with van der Waals surface area (Å²) in [4.78, 5) is 11.5. The Balaban J connectivity index is 2.29. The highest BCUT2D eigenvalue weighted by atomic mass is 19.3. The number of ether oxygens (including phenoxy) is 1. The van der Waals surface area contributed by atoms with Crippen LogP contribution >= 0.6 is 0 Å². The first-order valence-electron chi connectivity index (χ1n) is 7.81. The SMILES string of the molecule is CCOC(=O)C[C@H](N)c1cccc(C(F)(F)c2ccccc2C)c1. The highest BCUT2D eigenvalue weighted by Gasteiger charge is 2.35. The van der Waals surface area contributed by atoms with Gasteiger partial charge in [0.2, 0.25) is 0 Å². The van der Waals surface area contributed by atoms with Crippen LogP contribution in [0.3, 0.4) is 0 Å². The van der Waals surface area contributed by atoms with Crippen molar-refractivity contribution in [2.75, 3.05) is 6.61 Å². The molecule has 0 unspecified atom stereocenters. The summed E-state index contributed by atoms with van der Waals surface area (Å²) in [5.74, 6) is -3.58. The molecule has 0 aliphatic carbocycles. The van der Waals surface area contributed by atoms with E-state index in [2.05, 4.69) is 0 Å². The summed E-state index contributed by atoms with van der Waals surface area (Å²) in [6, 6.07) is 11.6. The minimum absolute atomic E-state index is 0.0406. The lowest BCUT2D eigenvalue weighted by Gasteiger charge is -2.21. The largest absolute Gasteiger partial charge is 0.466 e. The third-order valence-electron chi connectivity index (χ3n) is 3.85. The molecule has 0 heterocycles. The summed E-state index contributed by atoms with van der Waals surface area (Å²) in [5, 5.41) is 0. The van der Waals surface area contributed by atoms with E-state index in [0.29, 0.717) is 11.1 Å². The first kappa shape index (κ1) is 18.1. The van der Waals surface area contributed by atoms with Crippen molar-refractivity contribution in [1.82, 2.24) is 0 Å². The molecule has 2 aromatic carbocycles. The van der Waals surface area contributed by atoms with Crippen LogP contribution in [0.4, 0.5) is 8.78 Å². The number of halogens is 2. The van der Waals surface area contributed by atoms with Gasteiger partial charge in [-0.2, -0.15) is 8.78 Å². The van der Waals surface area contributed by atoms with E-state index in [4.69, 9.17) is 10.5 Å². The lowest BCUT2D eigenvalue weighted by Crippen LogP contribution is -2.20.